The summed E-state index contributed by atoms with van der Waals surface area (Å²) in [5, 5.41) is 7.70. The van der Waals surface area contributed by atoms with Crippen LogP contribution in [0.3, 0.4) is 0 Å². The van der Waals surface area contributed by atoms with E-state index in [1.807, 2.05) is 0 Å². The van der Waals surface area contributed by atoms with Crippen LogP contribution >= 0.6 is 0 Å². The fourth-order valence-electron chi connectivity index (χ4n) is 2.50. The van der Waals surface area contributed by atoms with E-state index >= 15 is 0 Å². The zero-order valence-corrected chi connectivity index (χ0v) is 14.3. The van der Waals surface area contributed by atoms with Gasteiger partial charge >= 0.3 is 5.97 Å². The molecule has 0 spiro atoms. The fourth-order valence-corrected chi connectivity index (χ4v) is 2.50. The van der Waals surface area contributed by atoms with Gasteiger partial charge in [-0.2, -0.15) is 0 Å². The highest BCUT2D eigenvalue weighted by atomic mass is 16.5. The number of carbonyl (C=O) groups excluding carboxylic acids is 4. The largest absolute Gasteiger partial charge is 0.467 e. The fraction of sp³-hybridized carbons (Fsp3) is 0.412. The second-order valence-corrected chi connectivity index (χ2v) is 6.08. The third-order valence-corrected chi connectivity index (χ3v) is 3.88. The van der Waals surface area contributed by atoms with Crippen LogP contribution in [-0.2, 0) is 19.1 Å². The Bertz CT molecular complexity index is 701. The second-order valence-electron chi connectivity index (χ2n) is 6.08. The van der Waals surface area contributed by atoms with E-state index in [0.717, 1.165) is 0 Å². The summed E-state index contributed by atoms with van der Waals surface area (Å²) in [6.07, 6.45) is -0.286. The maximum absolute atomic E-state index is 12.3. The van der Waals surface area contributed by atoms with Gasteiger partial charge < -0.3 is 20.7 Å². The van der Waals surface area contributed by atoms with E-state index in [9.17, 15) is 19.2 Å². The number of carbonyl (C=O) groups is 4. The van der Waals surface area contributed by atoms with E-state index in [0.29, 0.717) is 11.3 Å². The van der Waals surface area contributed by atoms with E-state index in [1.54, 1.807) is 38.1 Å². The molecule has 0 fully saturated rings. The van der Waals surface area contributed by atoms with Crippen LogP contribution in [0.2, 0.25) is 0 Å². The molecule has 2 atom stereocenters. The quantitative estimate of drug-likeness (QED) is 0.669. The summed E-state index contributed by atoms with van der Waals surface area (Å²) < 4.78 is 4.66. The van der Waals surface area contributed by atoms with Crippen LogP contribution in [0.25, 0.3) is 0 Å². The SMILES string of the molecule is COC(=O)[C@@H](NC(=O)C[C@@H]1NC(=O)c2ccccc2NC1=O)C(C)C. The van der Waals surface area contributed by atoms with Crippen molar-refractivity contribution in [2.75, 3.05) is 12.4 Å². The molecule has 0 aliphatic carbocycles. The summed E-state index contributed by atoms with van der Waals surface area (Å²) in [6.45, 7) is 3.53. The van der Waals surface area contributed by atoms with Gasteiger partial charge in [0.25, 0.3) is 5.91 Å². The van der Waals surface area contributed by atoms with Crippen molar-refractivity contribution in [3.8, 4) is 0 Å². The molecule has 0 unspecified atom stereocenters. The minimum Gasteiger partial charge on any atom is -0.467 e. The molecule has 8 nitrogen and oxygen atoms in total. The molecule has 1 heterocycles. The molecule has 1 aromatic rings. The highest BCUT2D eigenvalue weighted by Crippen LogP contribution is 2.18. The first-order valence-corrected chi connectivity index (χ1v) is 7.91. The van der Waals surface area contributed by atoms with Crippen LogP contribution in [0.1, 0.15) is 30.6 Å². The summed E-state index contributed by atoms with van der Waals surface area (Å²) >= 11 is 0. The monoisotopic (exact) mass is 347 g/mol. The van der Waals surface area contributed by atoms with Crippen molar-refractivity contribution in [1.82, 2.24) is 10.6 Å². The van der Waals surface area contributed by atoms with Crippen LogP contribution in [0, 0.1) is 5.92 Å². The number of benzene rings is 1. The number of para-hydroxylation sites is 1. The molecule has 0 saturated carbocycles. The van der Waals surface area contributed by atoms with Crippen molar-refractivity contribution in [3.05, 3.63) is 29.8 Å². The molecule has 0 radical (unpaired) electrons. The van der Waals surface area contributed by atoms with E-state index in [1.165, 1.54) is 7.11 Å². The minimum absolute atomic E-state index is 0.182. The van der Waals surface area contributed by atoms with E-state index in [2.05, 4.69) is 20.7 Å². The smallest absolute Gasteiger partial charge is 0.328 e. The van der Waals surface area contributed by atoms with Gasteiger partial charge in [0.2, 0.25) is 11.8 Å². The number of amides is 3. The lowest BCUT2D eigenvalue weighted by atomic mass is 10.0. The molecule has 134 valence electrons. The molecule has 0 bridgehead atoms. The summed E-state index contributed by atoms with van der Waals surface area (Å²) in [7, 11) is 1.24. The number of hydrogen-bond donors (Lipinski definition) is 3. The van der Waals surface area contributed by atoms with E-state index in [4.69, 9.17) is 0 Å². The maximum atomic E-state index is 12.3. The molecule has 3 amide bonds. The van der Waals surface area contributed by atoms with Crippen molar-refractivity contribution in [2.24, 2.45) is 5.92 Å². The van der Waals surface area contributed by atoms with Gasteiger partial charge in [0.1, 0.15) is 12.1 Å². The summed E-state index contributed by atoms with van der Waals surface area (Å²) in [5.74, 6) is -2.22. The van der Waals surface area contributed by atoms with Crippen LogP contribution in [-0.4, -0.2) is 42.9 Å². The first-order valence-electron chi connectivity index (χ1n) is 7.91. The number of hydrogen-bond acceptors (Lipinski definition) is 5. The molecule has 0 saturated heterocycles. The van der Waals surface area contributed by atoms with Crippen LogP contribution in [0.15, 0.2) is 24.3 Å². The average Bonchev–Trinajstić information content (AvgIpc) is 2.69. The number of rotatable bonds is 5. The highest BCUT2D eigenvalue weighted by molar-refractivity contribution is 6.10. The lowest BCUT2D eigenvalue weighted by molar-refractivity contribution is -0.146. The third-order valence-electron chi connectivity index (χ3n) is 3.88. The van der Waals surface area contributed by atoms with Gasteiger partial charge in [-0.25, -0.2) is 4.79 Å². The van der Waals surface area contributed by atoms with Crippen molar-refractivity contribution in [2.45, 2.75) is 32.4 Å². The summed E-state index contributed by atoms with van der Waals surface area (Å²) in [4.78, 5) is 48.4. The van der Waals surface area contributed by atoms with Crippen LogP contribution in [0.4, 0.5) is 5.69 Å². The maximum Gasteiger partial charge on any atom is 0.328 e. The van der Waals surface area contributed by atoms with Crippen molar-refractivity contribution in [3.63, 3.8) is 0 Å². The predicted octanol–water partition coefficient (Wildman–Crippen LogP) is 0.441. The molecule has 25 heavy (non-hydrogen) atoms. The second kappa shape index (κ2) is 7.78. The molecular formula is C17H21N3O5. The molecule has 1 aliphatic rings. The zero-order valence-electron chi connectivity index (χ0n) is 14.3. The number of ether oxygens (including phenoxy) is 1. The lowest BCUT2D eigenvalue weighted by Gasteiger charge is -2.21. The van der Waals surface area contributed by atoms with Crippen LogP contribution in [0.5, 0.6) is 0 Å². The summed E-state index contributed by atoms with van der Waals surface area (Å²) in [5.41, 5.74) is 0.718. The average molecular weight is 347 g/mol. The molecule has 8 heteroatoms. The van der Waals surface area contributed by atoms with Gasteiger partial charge in [0.05, 0.1) is 24.8 Å². The number of anilines is 1. The predicted molar refractivity (Wildman–Crippen MR) is 89.7 cm³/mol. The number of methoxy groups -OCH3 is 1. The van der Waals surface area contributed by atoms with E-state index < -0.39 is 35.8 Å². The first-order chi connectivity index (χ1) is 11.8. The molecule has 1 aliphatic heterocycles. The van der Waals surface area contributed by atoms with Gasteiger partial charge in [-0.1, -0.05) is 26.0 Å². The van der Waals surface area contributed by atoms with Crippen LogP contribution < -0.4 is 16.0 Å². The Morgan fingerprint density at radius 3 is 2.56 bits per heavy atom. The Hall–Kier alpha value is -2.90. The molecular weight excluding hydrogens is 326 g/mol. The van der Waals surface area contributed by atoms with Gasteiger partial charge in [-0.15, -0.1) is 0 Å². The Morgan fingerprint density at radius 2 is 1.92 bits per heavy atom. The molecule has 0 aromatic heterocycles. The van der Waals surface area contributed by atoms with Gasteiger partial charge in [-0.3, -0.25) is 14.4 Å². The van der Waals surface area contributed by atoms with Gasteiger partial charge in [0.15, 0.2) is 0 Å². The van der Waals surface area contributed by atoms with Crippen molar-refractivity contribution >= 4 is 29.4 Å². The summed E-state index contributed by atoms with van der Waals surface area (Å²) in [6, 6.07) is 4.72. The minimum atomic E-state index is -1.04. The van der Waals surface area contributed by atoms with Gasteiger partial charge in [0, 0.05) is 0 Å². The first kappa shape index (κ1) is 18.4. The Labute approximate surface area is 145 Å². The normalized spacial score (nSPS) is 17.7. The molecule has 1 aromatic carbocycles. The topological polar surface area (TPSA) is 114 Å². The number of esters is 1. The highest BCUT2D eigenvalue weighted by Gasteiger charge is 2.31. The zero-order chi connectivity index (χ0) is 18.6. The standard InChI is InChI=1S/C17H21N3O5/c1-9(2)14(17(24)25-3)20-13(21)8-12-16(23)18-11-7-5-4-6-10(11)15(22)19-12/h4-7,9,12,14H,8H2,1-3H3,(H,18,23)(H,19,22)(H,20,21)/t12-,14-/m0/s1. The Kier molecular flexibility index (Phi) is 5.74. The Morgan fingerprint density at radius 1 is 1.24 bits per heavy atom. The molecule has 3 N–H and O–H groups in total. The van der Waals surface area contributed by atoms with Crippen molar-refractivity contribution in [1.29, 1.82) is 0 Å². The number of fused-ring (bicyclic) bond motifs is 1. The Balaban J connectivity index is 2.07. The third kappa shape index (κ3) is 4.34. The lowest BCUT2D eigenvalue weighted by Crippen LogP contribution is -2.49. The molecule has 2 rings (SSSR count). The van der Waals surface area contributed by atoms with Crippen molar-refractivity contribution < 1.29 is 23.9 Å². The van der Waals surface area contributed by atoms with Gasteiger partial charge in [-0.05, 0) is 18.1 Å². The van der Waals surface area contributed by atoms with E-state index in [-0.39, 0.29) is 12.3 Å². The number of nitrogens with one attached hydrogen (secondary N) is 3.